The maximum atomic E-state index is 13.7. The van der Waals surface area contributed by atoms with Crippen LogP contribution in [0.15, 0.2) is 60.7 Å². The van der Waals surface area contributed by atoms with Crippen molar-refractivity contribution in [1.29, 1.82) is 0 Å². The number of anilines is 1. The molecule has 35 heavy (non-hydrogen) atoms. The average molecular weight is 476 g/mol. The van der Waals surface area contributed by atoms with Crippen LogP contribution in [0.4, 0.5) is 10.1 Å². The second kappa shape index (κ2) is 10.7. The van der Waals surface area contributed by atoms with E-state index in [9.17, 15) is 18.8 Å². The Morgan fingerprint density at radius 1 is 1.03 bits per heavy atom. The molecular weight excluding hydrogens is 445 g/mol. The SMILES string of the molecule is CCCCNC(=O)[C@H](CC)N(Cc1ccc(F)cc1)C(=O)CN1C(=O)c2cccc3cccc1c23. The van der Waals surface area contributed by atoms with E-state index in [-0.39, 0.29) is 36.6 Å². The molecule has 182 valence electrons. The number of nitrogens with zero attached hydrogens (tertiary/aromatic N) is 2. The predicted molar refractivity (Wildman–Crippen MR) is 135 cm³/mol. The Bertz CT molecular complexity index is 1240. The molecule has 0 saturated carbocycles. The van der Waals surface area contributed by atoms with E-state index >= 15 is 0 Å². The van der Waals surface area contributed by atoms with Crippen LogP contribution in [0.25, 0.3) is 10.8 Å². The van der Waals surface area contributed by atoms with E-state index in [4.69, 9.17) is 0 Å². The molecule has 1 heterocycles. The summed E-state index contributed by atoms with van der Waals surface area (Å²) < 4.78 is 13.5. The van der Waals surface area contributed by atoms with Crippen molar-refractivity contribution in [1.82, 2.24) is 10.2 Å². The molecule has 6 nitrogen and oxygen atoms in total. The van der Waals surface area contributed by atoms with Crippen LogP contribution in [0.3, 0.4) is 0 Å². The third-order valence-electron chi connectivity index (χ3n) is 6.42. The molecule has 0 spiro atoms. The van der Waals surface area contributed by atoms with E-state index < -0.39 is 6.04 Å². The van der Waals surface area contributed by atoms with Gasteiger partial charge in [-0.3, -0.25) is 19.3 Å². The van der Waals surface area contributed by atoms with Crippen molar-refractivity contribution in [3.05, 3.63) is 77.6 Å². The van der Waals surface area contributed by atoms with Crippen molar-refractivity contribution in [2.24, 2.45) is 0 Å². The number of halogens is 1. The zero-order chi connectivity index (χ0) is 24.9. The summed E-state index contributed by atoms with van der Waals surface area (Å²) in [6, 6.07) is 16.4. The third kappa shape index (κ3) is 5.04. The van der Waals surface area contributed by atoms with Crippen molar-refractivity contribution >= 4 is 34.2 Å². The fourth-order valence-electron chi connectivity index (χ4n) is 4.57. The molecule has 4 rings (SSSR count). The minimum atomic E-state index is -0.708. The van der Waals surface area contributed by atoms with Crippen molar-refractivity contribution in [3.8, 4) is 0 Å². The van der Waals surface area contributed by atoms with E-state index in [1.165, 1.54) is 21.9 Å². The Morgan fingerprint density at radius 2 is 1.74 bits per heavy atom. The van der Waals surface area contributed by atoms with E-state index in [1.54, 1.807) is 18.2 Å². The Balaban J connectivity index is 1.62. The molecule has 0 aromatic heterocycles. The van der Waals surface area contributed by atoms with Crippen molar-refractivity contribution in [2.45, 2.75) is 45.7 Å². The van der Waals surface area contributed by atoms with Crippen LogP contribution in [0, 0.1) is 5.82 Å². The minimum Gasteiger partial charge on any atom is -0.354 e. The number of unbranched alkanes of at least 4 members (excludes halogenated alkanes) is 1. The van der Waals surface area contributed by atoms with Gasteiger partial charge in [-0.2, -0.15) is 0 Å². The fraction of sp³-hybridized carbons (Fsp3) is 0.321. The Kier molecular flexibility index (Phi) is 7.44. The van der Waals surface area contributed by atoms with E-state index in [1.807, 2.05) is 44.2 Å². The third-order valence-corrected chi connectivity index (χ3v) is 6.42. The van der Waals surface area contributed by atoms with Gasteiger partial charge in [-0.1, -0.05) is 56.7 Å². The van der Waals surface area contributed by atoms with Crippen LogP contribution in [-0.2, 0) is 16.1 Å². The highest BCUT2D eigenvalue weighted by atomic mass is 19.1. The van der Waals surface area contributed by atoms with Crippen LogP contribution in [0.5, 0.6) is 0 Å². The van der Waals surface area contributed by atoms with Gasteiger partial charge in [-0.15, -0.1) is 0 Å². The molecule has 0 saturated heterocycles. The van der Waals surface area contributed by atoms with Crippen LogP contribution >= 0.6 is 0 Å². The maximum absolute atomic E-state index is 13.7. The Hall–Kier alpha value is -3.74. The smallest absolute Gasteiger partial charge is 0.259 e. The molecule has 3 amide bonds. The van der Waals surface area contributed by atoms with Crippen LogP contribution in [0.1, 0.15) is 49.0 Å². The highest BCUT2D eigenvalue weighted by Gasteiger charge is 2.35. The molecule has 1 aliphatic rings. The van der Waals surface area contributed by atoms with Gasteiger partial charge in [-0.05, 0) is 48.1 Å². The molecule has 1 aliphatic heterocycles. The zero-order valence-corrected chi connectivity index (χ0v) is 20.1. The first-order chi connectivity index (χ1) is 16.9. The molecular formula is C28H30FN3O3. The van der Waals surface area contributed by atoms with Gasteiger partial charge in [0.1, 0.15) is 18.4 Å². The van der Waals surface area contributed by atoms with Crippen LogP contribution in [-0.4, -0.2) is 41.8 Å². The number of hydrogen-bond acceptors (Lipinski definition) is 3. The summed E-state index contributed by atoms with van der Waals surface area (Å²) in [5.41, 5.74) is 1.97. The molecule has 3 aromatic rings. The Labute approximate surface area is 204 Å². The zero-order valence-electron chi connectivity index (χ0n) is 20.1. The summed E-state index contributed by atoms with van der Waals surface area (Å²) >= 11 is 0. The monoisotopic (exact) mass is 475 g/mol. The number of benzene rings is 3. The number of nitrogens with one attached hydrogen (secondary N) is 1. The number of hydrogen-bond donors (Lipinski definition) is 1. The van der Waals surface area contributed by atoms with Crippen molar-refractivity contribution in [2.75, 3.05) is 18.0 Å². The molecule has 0 aliphatic carbocycles. The van der Waals surface area contributed by atoms with Gasteiger partial charge in [0.2, 0.25) is 11.8 Å². The lowest BCUT2D eigenvalue weighted by Crippen LogP contribution is -2.52. The van der Waals surface area contributed by atoms with Crippen LogP contribution < -0.4 is 10.2 Å². The van der Waals surface area contributed by atoms with Crippen molar-refractivity contribution < 1.29 is 18.8 Å². The van der Waals surface area contributed by atoms with Crippen molar-refractivity contribution in [3.63, 3.8) is 0 Å². The molecule has 7 heteroatoms. The summed E-state index contributed by atoms with van der Waals surface area (Å²) in [5.74, 6) is -1.17. The van der Waals surface area contributed by atoms with Crippen LogP contribution in [0.2, 0.25) is 0 Å². The summed E-state index contributed by atoms with van der Waals surface area (Å²) in [6.45, 7) is 4.38. The maximum Gasteiger partial charge on any atom is 0.259 e. The Morgan fingerprint density at radius 3 is 2.43 bits per heavy atom. The predicted octanol–water partition coefficient (Wildman–Crippen LogP) is 4.66. The topological polar surface area (TPSA) is 69.7 Å². The lowest BCUT2D eigenvalue weighted by atomic mass is 10.1. The summed E-state index contributed by atoms with van der Waals surface area (Å²) in [4.78, 5) is 42.9. The largest absolute Gasteiger partial charge is 0.354 e. The number of rotatable bonds is 10. The molecule has 0 bridgehead atoms. The van der Waals surface area contributed by atoms with Gasteiger partial charge in [0, 0.05) is 24.0 Å². The first-order valence-corrected chi connectivity index (χ1v) is 12.1. The minimum absolute atomic E-state index is 0.137. The van der Waals surface area contributed by atoms with Gasteiger partial charge < -0.3 is 10.2 Å². The molecule has 1 atom stereocenters. The van der Waals surface area contributed by atoms with E-state index in [2.05, 4.69) is 5.32 Å². The quantitative estimate of drug-likeness (QED) is 0.434. The van der Waals surface area contributed by atoms with Gasteiger partial charge >= 0.3 is 0 Å². The van der Waals surface area contributed by atoms with Gasteiger partial charge in [0.25, 0.3) is 5.91 Å². The second-order valence-electron chi connectivity index (χ2n) is 8.79. The van der Waals surface area contributed by atoms with Gasteiger partial charge in [0.05, 0.1) is 5.69 Å². The number of carbonyl (C=O) groups excluding carboxylic acids is 3. The number of carbonyl (C=O) groups is 3. The fourth-order valence-corrected chi connectivity index (χ4v) is 4.57. The lowest BCUT2D eigenvalue weighted by Gasteiger charge is -2.32. The van der Waals surface area contributed by atoms with Gasteiger partial charge in [-0.25, -0.2) is 4.39 Å². The highest BCUT2D eigenvalue weighted by Crippen LogP contribution is 2.37. The molecule has 1 N–H and O–H groups in total. The number of amides is 3. The summed E-state index contributed by atoms with van der Waals surface area (Å²) in [7, 11) is 0. The molecule has 3 aromatic carbocycles. The lowest BCUT2D eigenvalue weighted by molar-refractivity contribution is -0.140. The average Bonchev–Trinajstić information content (AvgIpc) is 3.13. The van der Waals surface area contributed by atoms with E-state index in [0.29, 0.717) is 29.8 Å². The van der Waals surface area contributed by atoms with E-state index in [0.717, 1.165) is 23.6 Å². The van der Waals surface area contributed by atoms with Gasteiger partial charge in [0.15, 0.2) is 0 Å². The highest BCUT2D eigenvalue weighted by molar-refractivity contribution is 6.26. The normalized spacial score (nSPS) is 13.2. The molecule has 0 unspecified atom stereocenters. The summed E-state index contributed by atoms with van der Waals surface area (Å²) in [5, 5.41) is 4.70. The first-order valence-electron chi connectivity index (χ1n) is 12.1. The molecule has 0 radical (unpaired) electrons. The first kappa shape index (κ1) is 24.4. The molecule has 0 fully saturated rings. The summed E-state index contributed by atoms with van der Waals surface area (Å²) in [6.07, 6.45) is 2.20. The standard InChI is InChI=1S/C28H30FN3O3/c1-3-5-16-30-27(34)23(4-2)31(17-19-12-14-21(29)15-13-19)25(33)18-32-24-11-7-9-20-8-6-10-22(26(20)24)28(32)35/h6-15,23H,3-5,16-18H2,1-2H3,(H,30,34)/t23-/m0/s1. The second-order valence-corrected chi connectivity index (χ2v) is 8.79.